The molecule has 6 atom stereocenters. The molecule has 0 aromatic heterocycles. The fourth-order valence-electron chi connectivity index (χ4n) is 8.49. The van der Waals surface area contributed by atoms with E-state index in [0.29, 0.717) is 36.4 Å². The number of hydrogen-bond acceptors (Lipinski definition) is 6. The molecule has 6 rings (SSSR count). The van der Waals surface area contributed by atoms with Gasteiger partial charge in [-0.15, -0.1) is 0 Å². The topological polar surface area (TPSA) is 122 Å². The van der Waals surface area contributed by atoms with E-state index in [0.717, 1.165) is 29.7 Å². The molecule has 0 radical (unpaired) electrons. The number of ether oxygens (including phenoxy) is 1. The van der Waals surface area contributed by atoms with Crippen LogP contribution in [-0.2, 0) is 37.7 Å². The van der Waals surface area contributed by atoms with Crippen LogP contribution in [0.1, 0.15) is 82.9 Å². The highest BCUT2D eigenvalue weighted by Gasteiger charge is 2.68. The maximum atomic E-state index is 15.5. The number of nitrogens with one attached hydrogen (secondary N) is 1. The summed E-state index contributed by atoms with van der Waals surface area (Å²) in [6.45, 7) is 8.51. The molecule has 2 saturated carbocycles. The monoisotopic (exact) mass is 682 g/mol. The van der Waals surface area contributed by atoms with Crippen molar-refractivity contribution in [3.8, 4) is 0 Å². The van der Waals surface area contributed by atoms with Gasteiger partial charge in [-0.1, -0.05) is 63.6 Å². The predicted molar refractivity (Wildman–Crippen MR) is 176 cm³/mol. The predicted octanol–water partition coefficient (Wildman–Crippen LogP) is 6.29. The molecule has 4 amide bonds. The minimum atomic E-state index is -4.91. The van der Waals surface area contributed by atoms with Gasteiger partial charge in [0.05, 0.1) is 0 Å². The highest BCUT2D eigenvalue weighted by Crippen LogP contribution is 2.54. The number of nitrogens with two attached hydrogens (primary N) is 1. The molecule has 1 spiro atoms. The maximum Gasteiger partial charge on any atom is 0.419 e. The Kier molecular flexibility index (Phi) is 9.09. The largest absolute Gasteiger partial charge is 0.427 e. The van der Waals surface area contributed by atoms with E-state index in [1.807, 2.05) is 49.1 Å². The van der Waals surface area contributed by atoms with Crippen molar-refractivity contribution in [3.05, 3.63) is 65.2 Å². The second-order valence-electron chi connectivity index (χ2n) is 14.9. The lowest BCUT2D eigenvalue weighted by Crippen LogP contribution is -2.69. The standard InChI is InChI=1S/C37H45F3N4O5/c1-21(2)28-14-10-22(3)19-35(28,32(46)43(23(4)25-11-12-25)20-24-8-6-5-7-9-24)44-33(47)36(49-34(44)48)17-16-26-18-27(13-15-29(26)36)42-31(45)30(41)37(38,39)40/h5-9,13,15,18,21-23,25,28,30H,10-12,14,16-17,19-20,41H2,1-4H3,(H,42,45)/t22?,23-,28?,30?,35?,36?/m0/s1. The van der Waals surface area contributed by atoms with Gasteiger partial charge in [0.25, 0.3) is 11.8 Å². The molecule has 1 heterocycles. The summed E-state index contributed by atoms with van der Waals surface area (Å²) in [5.74, 6) is -2.22. The van der Waals surface area contributed by atoms with Crippen LogP contribution >= 0.6 is 0 Å². The molecule has 3 aliphatic carbocycles. The van der Waals surface area contributed by atoms with E-state index in [-0.39, 0.29) is 48.2 Å². The van der Waals surface area contributed by atoms with Gasteiger partial charge in [-0.2, -0.15) is 13.2 Å². The van der Waals surface area contributed by atoms with Gasteiger partial charge in [-0.3, -0.25) is 14.4 Å². The van der Waals surface area contributed by atoms with Gasteiger partial charge in [-0.25, -0.2) is 9.69 Å². The number of nitrogens with zero attached hydrogens (tertiary/aromatic N) is 2. The van der Waals surface area contributed by atoms with Crippen molar-refractivity contribution in [2.75, 3.05) is 5.32 Å². The summed E-state index contributed by atoms with van der Waals surface area (Å²) in [5, 5.41) is 2.20. The number of imide groups is 1. The number of carbonyl (C=O) groups is 4. The lowest BCUT2D eigenvalue weighted by Gasteiger charge is -2.52. The first kappa shape index (κ1) is 34.9. The first-order valence-corrected chi connectivity index (χ1v) is 17.3. The summed E-state index contributed by atoms with van der Waals surface area (Å²) in [6.07, 6.45) is -1.58. The number of alkyl halides is 3. The van der Waals surface area contributed by atoms with Crippen molar-refractivity contribution in [1.82, 2.24) is 9.80 Å². The van der Waals surface area contributed by atoms with Crippen molar-refractivity contribution < 1.29 is 37.1 Å². The molecule has 12 heteroatoms. The first-order valence-electron chi connectivity index (χ1n) is 17.3. The number of benzene rings is 2. The van der Waals surface area contributed by atoms with Crippen molar-refractivity contribution >= 4 is 29.5 Å². The van der Waals surface area contributed by atoms with E-state index >= 15 is 4.79 Å². The lowest BCUT2D eigenvalue weighted by atomic mass is 9.63. The average molecular weight is 683 g/mol. The maximum absolute atomic E-state index is 15.5. The van der Waals surface area contributed by atoms with Gasteiger partial charge >= 0.3 is 12.3 Å². The van der Waals surface area contributed by atoms with Gasteiger partial charge in [0.15, 0.2) is 6.04 Å². The number of rotatable bonds is 9. The van der Waals surface area contributed by atoms with Crippen LogP contribution < -0.4 is 11.1 Å². The van der Waals surface area contributed by atoms with Crippen LogP contribution in [-0.4, -0.2) is 57.4 Å². The van der Waals surface area contributed by atoms with Gasteiger partial charge in [0, 0.05) is 30.3 Å². The zero-order chi connectivity index (χ0) is 35.5. The van der Waals surface area contributed by atoms with Crippen LogP contribution in [0.2, 0.25) is 0 Å². The third-order valence-corrected chi connectivity index (χ3v) is 11.3. The third-order valence-electron chi connectivity index (χ3n) is 11.3. The quantitative estimate of drug-likeness (QED) is 0.321. The second kappa shape index (κ2) is 12.8. The van der Waals surface area contributed by atoms with Gasteiger partial charge in [-0.05, 0) is 86.0 Å². The highest BCUT2D eigenvalue weighted by molar-refractivity contribution is 6.09. The second-order valence-corrected chi connectivity index (χ2v) is 14.9. The van der Waals surface area contributed by atoms with E-state index in [9.17, 15) is 27.6 Å². The molecule has 1 aliphatic heterocycles. The van der Waals surface area contributed by atoms with Gasteiger partial charge in [0.2, 0.25) is 11.5 Å². The Morgan fingerprint density at radius 2 is 1.76 bits per heavy atom. The smallest absolute Gasteiger partial charge is 0.419 e. The Hall–Kier alpha value is -3.93. The zero-order valence-corrected chi connectivity index (χ0v) is 28.4. The Morgan fingerprint density at radius 1 is 1.06 bits per heavy atom. The number of halogens is 3. The van der Waals surface area contributed by atoms with Gasteiger partial charge in [0.1, 0.15) is 5.54 Å². The lowest BCUT2D eigenvalue weighted by molar-refractivity contribution is -0.163. The third kappa shape index (κ3) is 6.10. The van der Waals surface area contributed by atoms with Crippen LogP contribution in [0.3, 0.4) is 0 Å². The summed E-state index contributed by atoms with van der Waals surface area (Å²) in [4.78, 5) is 59.9. The summed E-state index contributed by atoms with van der Waals surface area (Å²) < 4.78 is 45.2. The molecule has 1 saturated heterocycles. The molecule has 3 fully saturated rings. The van der Waals surface area contributed by atoms with Crippen LogP contribution in [0.15, 0.2) is 48.5 Å². The number of fused-ring (bicyclic) bond motifs is 2. The van der Waals surface area contributed by atoms with Crippen molar-refractivity contribution in [3.63, 3.8) is 0 Å². The van der Waals surface area contributed by atoms with Crippen molar-refractivity contribution in [2.24, 2.45) is 29.4 Å². The molecule has 2 aromatic rings. The first-order chi connectivity index (χ1) is 23.1. The zero-order valence-electron chi connectivity index (χ0n) is 28.4. The number of anilines is 1. The number of aryl methyl sites for hydroxylation is 1. The summed E-state index contributed by atoms with van der Waals surface area (Å²) in [6, 6.07) is 11.3. The fourth-order valence-corrected chi connectivity index (χ4v) is 8.49. The number of amides is 4. The minimum Gasteiger partial charge on any atom is -0.427 e. The Bertz CT molecular complexity index is 1630. The molecule has 0 bridgehead atoms. The van der Waals surface area contributed by atoms with Crippen LogP contribution in [0.25, 0.3) is 0 Å². The highest BCUT2D eigenvalue weighted by atomic mass is 19.4. The van der Waals surface area contributed by atoms with E-state index in [1.54, 1.807) is 0 Å². The summed E-state index contributed by atoms with van der Waals surface area (Å²) in [5.41, 5.74) is 3.88. The fraction of sp³-hybridized carbons (Fsp3) is 0.568. The van der Waals surface area contributed by atoms with E-state index in [1.165, 1.54) is 18.2 Å². The molecule has 9 nitrogen and oxygen atoms in total. The number of carbonyl (C=O) groups excluding carboxylic acids is 4. The Morgan fingerprint density at radius 3 is 2.39 bits per heavy atom. The van der Waals surface area contributed by atoms with Crippen molar-refractivity contribution in [2.45, 2.75) is 109 Å². The molecule has 264 valence electrons. The molecular formula is C37H45F3N4O5. The Labute approximate surface area is 284 Å². The Balaban J connectivity index is 1.39. The normalized spacial score (nSPS) is 28.0. The van der Waals surface area contributed by atoms with E-state index in [4.69, 9.17) is 10.5 Å². The summed E-state index contributed by atoms with van der Waals surface area (Å²) in [7, 11) is 0. The van der Waals surface area contributed by atoms with E-state index < -0.39 is 41.3 Å². The summed E-state index contributed by atoms with van der Waals surface area (Å²) >= 11 is 0. The molecule has 4 aliphatic rings. The van der Waals surface area contributed by atoms with Crippen LogP contribution in [0.4, 0.5) is 23.7 Å². The molecule has 3 N–H and O–H groups in total. The van der Waals surface area contributed by atoms with Crippen LogP contribution in [0, 0.1) is 23.7 Å². The van der Waals surface area contributed by atoms with Gasteiger partial charge < -0.3 is 20.7 Å². The average Bonchev–Trinajstić information content (AvgIpc) is 3.79. The molecule has 49 heavy (non-hydrogen) atoms. The molecule has 2 aromatic carbocycles. The minimum absolute atomic E-state index is 0.0338. The molecular weight excluding hydrogens is 637 g/mol. The van der Waals surface area contributed by atoms with Crippen LogP contribution in [0.5, 0.6) is 0 Å². The number of hydrogen-bond donors (Lipinski definition) is 2. The molecule has 5 unspecified atom stereocenters. The van der Waals surface area contributed by atoms with Crippen molar-refractivity contribution in [1.29, 1.82) is 0 Å². The van der Waals surface area contributed by atoms with E-state index in [2.05, 4.69) is 19.2 Å². The SMILES string of the molecule is CC1CCC(C(C)C)C(C(=O)N(Cc2ccccc2)[C@@H](C)C2CC2)(N2C(=O)OC3(CCc4cc(NC(=O)C(N)C(F)(F)F)ccc43)C2=O)C1.